The van der Waals surface area contributed by atoms with E-state index in [0.29, 0.717) is 5.82 Å². The van der Waals surface area contributed by atoms with E-state index in [-0.39, 0.29) is 17.7 Å². The minimum absolute atomic E-state index is 0.0696. The Morgan fingerprint density at radius 1 is 0.926 bits per heavy atom. The Labute approximate surface area is 153 Å². The monoisotopic (exact) mass is 375 g/mol. The molecule has 0 spiro atoms. The molecule has 3 aromatic rings. The van der Waals surface area contributed by atoms with Crippen molar-refractivity contribution in [3.05, 3.63) is 60.0 Å². The normalized spacial score (nSPS) is 10.7. The first-order valence-corrected chi connectivity index (χ1v) is 8.06. The Morgan fingerprint density at radius 3 is 2.37 bits per heavy atom. The lowest BCUT2D eigenvalue weighted by Crippen LogP contribution is -2.06. The first-order chi connectivity index (χ1) is 12.9. The minimum Gasteiger partial charge on any atom is -0.491 e. The van der Waals surface area contributed by atoms with Crippen molar-refractivity contribution in [2.24, 2.45) is 0 Å². The number of benzene rings is 2. The van der Waals surface area contributed by atoms with Gasteiger partial charge in [-0.25, -0.2) is 13.2 Å². The van der Waals surface area contributed by atoms with Crippen LogP contribution < -0.4 is 15.4 Å². The molecule has 0 aliphatic heterocycles. The topological polar surface area (TPSA) is 72.0 Å². The summed E-state index contributed by atoms with van der Waals surface area (Å²) < 4.78 is 45.6. The Balaban J connectivity index is 1.73. The van der Waals surface area contributed by atoms with Gasteiger partial charge in [-0.15, -0.1) is 5.10 Å². The molecule has 0 saturated heterocycles. The van der Waals surface area contributed by atoms with E-state index in [2.05, 4.69) is 25.8 Å². The second-order valence-electron chi connectivity index (χ2n) is 5.83. The first-order valence-electron chi connectivity index (χ1n) is 8.06. The number of ether oxygens (including phenoxy) is 1. The van der Waals surface area contributed by atoms with Gasteiger partial charge < -0.3 is 15.4 Å². The second-order valence-corrected chi connectivity index (χ2v) is 5.83. The lowest BCUT2D eigenvalue weighted by molar-refractivity contribution is 0.242. The van der Waals surface area contributed by atoms with E-state index in [1.165, 1.54) is 6.20 Å². The van der Waals surface area contributed by atoms with Crippen molar-refractivity contribution in [2.75, 3.05) is 10.6 Å². The highest BCUT2D eigenvalue weighted by Crippen LogP contribution is 2.23. The summed E-state index contributed by atoms with van der Waals surface area (Å²) in [5, 5.41) is 12.9. The highest BCUT2D eigenvalue weighted by Gasteiger charge is 2.14. The van der Waals surface area contributed by atoms with Crippen LogP contribution in [0.2, 0.25) is 0 Å². The van der Waals surface area contributed by atoms with Crippen LogP contribution in [0.15, 0.2) is 42.6 Å². The van der Waals surface area contributed by atoms with Gasteiger partial charge in [0.05, 0.1) is 18.0 Å². The van der Waals surface area contributed by atoms with E-state index in [1.807, 2.05) is 13.8 Å². The predicted molar refractivity (Wildman–Crippen MR) is 94.9 cm³/mol. The lowest BCUT2D eigenvalue weighted by atomic mass is 10.3. The standard InChI is InChI=1S/C18H16F3N5O/c1-10(2)27-12-5-3-11(4-6-12)23-15-9-22-26-18(25-15)24-14-8-7-13(19)16(20)17(14)21/h3-10H,1-2H3,(H2,23,24,25,26). The van der Waals surface area contributed by atoms with Crippen molar-refractivity contribution in [3.8, 4) is 5.75 Å². The number of hydrogen-bond acceptors (Lipinski definition) is 6. The third-order valence-electron chi connectivity index (χ3n) is 3.34. The van der Waals surface area contributed by atoms with Crippen LogP contribution in [-0.2, 0) is 0 Å². The summed E-state index contributed by atoms with van der Waals surface area (Å²) in [5.74, 6) is -3.24. The molecule has 0 bridgehead atoms. The molecule has 0 aliphatic carbocycles. The van der Waals surface area contributed by atoms with Crippen LogP contribution in [0.3, 0.4) is 0 Å². The summed E-state index contributed by atoms with van der Waals surface area (Å²) in [6.07, 6.45) is 1.44. The van der Waals surface area contributed by atoms with Gasteiger partial charge in [-0.2, -0.15) is 10.1 Å². The molecule has 0 saturated carbocycles. The van der Waals surface area contributed by atoms with Crippen LogP contribution in [0.4, 0.5) is 36.3 Å². The van der Waals surface area contributed by atoms with Gasteiger partial charge in [0.1, 0.15) is 5.75 Å². The van der Waals surface area contributed by atoms with Crippen LogP contribution >= 0.6 is 0 Å². The molecule has 2 aromatic carbocycles. The maximum atomic E-state index is 13.7. The summed E-state index contributed by atoms with van der Waals surface area (Å²) in [7, 11) is 0. The van der Waals surface area contributed by atoms with Crippen molar-refractivity contribution in [2.45, 2.75) is 20.0 Å². The third-order valence-corrected chi connectivity index (χ3v) is 3.34. The SMILES string of the molecule is CC(C)Oc1ccc(Nc2cnnc(Nc3ccc(F)c(F)c3F)n2)cc1. The molecular formula is C18H16F3N5O. The van der Waals surface area contributed by atoms with E-state index < -0.39 is 17.5 Å². The molecule has 0 amide bonds. The van der Waals surface area contributed by atoms with Crippen LogP contribution in [0, 0.1) is 17.5 Å². The highest BCUT2D eigenvalue weighted by atomic mass is 19.2. The molecule has 0 fully saturated rings. The Kier molecular flexibility index (Phi) is 5.39. The fourth-order valence-electron chi connectivity index (χ4n) is 2.20. The number of anilines is 4. The number of aromatic nitrogens is 3. The average Bonchev–Trinajstić information content (AvgIpc) is 2.64. The number of nitrogens with zero attached hydrogens (tertiary/aromatic N) is 3. The van der Waals surface area contributed by atoms with E-state index in [9.17, 15) is 13.2 Å². The van der Waals surface area contributed by atoms with Gasteiger partial charge in [-0.05, 0) is 50.2 Å². The molecule has 3 rings (SSSR count). The lowest BCUT2D eigenvalue weighted by Gasteiger charge is -2.11. The van der Waals surface area contributed by atoms with Gasteiger partial charge in [-0.3, -0.25) is 0 Å². The molecular weight excluding hydrogens is 359 g/mol. The quantitative estimate of drug-likeness (QED) is 0.615. The van der Waals surface area contributed by atoms with E-state index in [0.717, 1.165) is 23.6 Å². The Hall–Kier alpha value is -3.36. The molecule has 0 unspecified atom stereocenters. The molecule has 0 aliphatic rings. The Bertz CT molecular complexity index is 935. The molecule has 1 aromatic heterocycles. The van der Waals surface area contributed by atoms with Crippen molar-refractivity contribution in [1.82, 2.24) is 15.2 Å². The zero-order valence-electron chi connectivity index (χ0n) is 14.5. The highest BCUT2D eigenvalue weighted by molar-refractivity contribution is 5.59. The molecule has 140 valence electrons. The third kappa shape index (κ3) is 4.63. The van der Waals surface area contributed by atoms with Crippen LogP contribution in [0.1, 0.15) is 13.8 Å². The largest absolute Gasteiger partial charge is 0.491 e. The minimum atomic E-state index is -1.58. The summed E-state index contributed by atoms with van der Waals surface area (Å²) in [6.45, 7) is 3.87. The van der Waals surface area contributed by atoms with Crippen molar-refractivity contribution in [3.63, 3.8) is 0 Å². The second kappa shape index (κ2) is 7.90. The molecule has 0 radical (unpaired) electrons. The fourth-order valence-corrected chi connectivity index (χ4v) is 2.20. The molecule has 2 N–H and O–H groups in total. The maximum absolute atomic E-state index is 13.7. The van der Waals surface area contributed by atoms with Crippen molar-refractivity contribution in [1.29, 1.82) is 0 Å². The number of halogens is 3. The summed E-state index contributed by atoms with van der Waals surface area (Å²) in [5.41, 5.74) is 0.416. The average molecular weight is 375 g/mol. The zero-order valence-corrected chi connectivity index (χ0v) is 14.5. The zero-order chi connectivity index (χ0) is 19.4. The summed E-state index contributed by atoms with van der Waals surface area (Å²) >= 11 is 0. The van der Waals surface area contributed by atoms with Gasteiger partial charge in [0, 0.05) is 5.69 Å². The first kappa shape index (κ1) is 18.4. The predicted octanol–water partition coefficient (Wildman–Crippen LogP) is 4.56. The summed E-state index contributed by atoms with van der Waals surface area (Å²) in [4.78, 5) is 4.12. The van der Waals surface area contributed by atoms with Crippen molar-refractivity contribution < 1.29 is 17.9 Å². The van der Waals surface area contributed by atoms with Crippen molar-refractivity contribution >= 4 is 23.1 Å². The molecule has 9 heteroatoms. The van der Waals surface area contributed by atoms with Gasteiger partial charge in [0.2, 0.25) is 5.95 Å². The fraction of sp³-hybridized carbons (Fsp3) is 0.167. The summed E-state index contributed by atoms with van der Waals surface area (Å²) in [6, 6.07) is 9.03. The van der Waals surface area contributed by atoms with E-state index >= 15 is 0 Å². The van der Waals surface area contributed by atoms with Crippen LogP contribution in [0.5, 0.6) is 5.75 Å². The van der Waals surface area contributed by atoms with Crippen LogP contribution in [0.25, 0.3) is 0 Å². The molecule has 6 nitrogen and oxygen atoms in total. The molecule has 0 atom stereocenters. The van der Waals surface area contributed by atoms with Gasteiger partial charge in [0.15, 0.2) is 23.3 Å². The van der Waals surface area contributed by atoms with Gasteiger partial charge in [-0.1, -0.05) is 0 Å². The van der Waals surface area contributed by atoms with E-state index in [1.54, 1.807) is 24.3 Å². The maximum Gasteiger partial charge on any atom is 0.249 e. The number of rotatable bonds is 6. The van der Waals surface area contributed by atoms with Gasteiger partial charge in [0.25, 0.3) is 0 Å². The molecule has 1 heterocycles. The van der Waals surface area contributed by atoms with E-state index in [4.69, 9.17) is 4.74 Å². The smallest absolute Gasteiger partial charge is 0.249 e. The van der Waals surface area contributed by atoms with Gasteiger partial charge >= 0.3 is 0 Å². The molecule has 27 heavy (non-hydrogen) atoms. The van der Waals surface area contributed by atoms with Crippen LogP contribution in [-0.4, -0.2) is 21.3 Å². The number of nitrogens with one attached hydrogen (secondary N) is 2. The Morgan fingerprint density at radius 2 is 1.67 bits per heavy atom. The number of hydrogen-bond donors (Lipinski definition) is 2.